The molecule has 3 rings (SSSR count). The van der Waals surface area contributed by atoms with Crippen LogP contribution in [0.1, 0.15) is 19.5 Å². The zero-order valence-electron chi connectivity index (χ0n) is 19.0. The average molecular weight is 540 g/mol. The molecule has 2 aliphatic rings. The van der Waals surface area contributed by atoms with Gasteiger partial charge in [-0.15, -0.1) is 23.1 Å². The summed E-state index contributed by atoms with van der Waals surface area (Å²) in [4.78, 5) is 65.4. The van der Waals surface area contributed by atoms with Crippen molar-refractivity contribution in [3.63, 3.8) is 0 Å². The maximum absolute atomic E-state index is 13.0. The zero-order chi connectivity index (χ0) is 26.4. The van der Waals surface area contributed by atoms with E-state index in [9.17, 15) is 29.2 Å². The largest absolute Gasteiger partial charge is 0.462 e. The molecule has 0 aliphatic carbocycles. The molecule has 192 valence electrons. The van der Waals surface area contributed by atoms with E-state index in [0.717, 1.165) is 23.2 Å². The number of β-lactam (4-membered cyclic amide) rings is 1. The number of anilines is 1. The minimum Gasteiger partial charge on any atom is -0.462 e. The van der Waals surface area contributed by atoms with Crippen LogP contribution in [0.3, 0.4) is 0 Å². The highest BCUT2D eigenvalue weighted by molar-refractivity contribution is 8.00. The van der Waals surface area contributed by atoms with Crippen LogP contribution in [-0.4, -0.2) is 81.1 Å². The van der Waals surface area contributed by atoms with Crippen molar-refractivity contribution in [1.29, 1.82) is 0 Å². The second-order valence-electron chi connectivity index (χ2n) is 7.14. The van der Waals surface area contributed by atoms with Gasteiger partial charge in [-0.25, -0.2) is 9.78 Å². The van der Waals surface area contributed by atoms with E-state index in [0.29, 0.717) is 5.57 Å². The second kappa shape index (κ2) is 11.7. The summed E-state index contributed by atoms with van der Waals surface area (Å²) in [5.74, 6) is -3.34. The number of thiazole rings is 1. The van der Waals surface area contributed by atoms with E-state index in [-0.39, 0.29) is 28.9 Å². The number of hydrogen-bond donors (Lipinski definition) is 3. The number of aromatic nitrogens is 1. The van der Waals surface area contributed by atoms with E-state index >= 15 is 0 Å². The van der Waals surface area contributed by atoms with Crippen LogP contribution >= 0.6 is 23.1 Å². The first-order valence-corrected chi connectivity index (χ1v) is 12.1. The molecule has 36 heavy (non-hydrogen) atoms. The van der Waals surface area contributed by atoms with Gasteiger partial charge in [0.15, 0.2) is 10.8 Å². The highest BCUT2D eigenvalue weighted by Crippen LogP contribution is 2.41. The van der Waals surface area contributed by atoms with Crippen molar-refractivity contribution < 1.29 is 43.4 Å². The van der Waals surface area contributed by atoms with Gasteiger partial charge in [0.2, 0.25) is 6.79 Å². The third kappa shape index (κ3) is 6.01. The van der Waals surface area contributed by atoms with E-state index < -0.39 is 53.6 Å². The molecule has 0 spiro atoms. The van der Waals surface area contributed by atoms with Crippen LogP contribution in [0.4, 0.5) is 5.13 Å². The third-order valence-electron chi connectivity index (χ3n) is 4.71. The number of esters is 3. The molecule has 0 radical (unpaired) electrons. The predicted octanol–water partition coefficient (Wildman–Crippen LogP) is -0.259. The van der Waals surface area contributed by atoms with Crippen molar-refractivity contribution in [3.05, 3.63) is 34.5 Å². The summed E-state index contributed by atoms with van der Waals surface area (Å²) in [7, 11) is 0. The van der Waals surface area contributed by atoms with Crippen LogP contribution in [0.15, 0.2) is 34.0 Å². The fourth-order valence-corrected chi connectivity index (χ4v) is 5.04. The Kier molecular flexibility index (Phi) is 8.65. The number of nitrogens with two attached hydrogens (primary N) is 1. The normalized spacial score (nSPS) is 19.4. The van der Waals surface area contributed by atoms with Crippen molar-refractivity contribution in [3.8, 4) is 0 Å². The first kappa shape index (κ1) is 26.7. The van der Waals surface area contributed by atoms with E-state index in [2.05, 4.69) is 20.2 Å². The molecule has 2 amide bonds. The number of carbonyl (C=O) groups excluding carboxylic acids is 5. The number of amides is 2. The van der Waals surface area contributed by atoms with Gasteiger partial charge < -0.3 is 30.5 Å². The van der Waals surface area contributed by atoms with Gasteiger partial charge in [0.05, 0.1) is 0 Å². The summed E-state index contributed by atoms with van der Waals surface area (Å²) in [5, 5.41) is 15.6. The first-order chi connectivity index (χ1) is 17.1. The molecule has 3 heterocycles. The number of allylic oxidation sites excluding steroid dienone is 1. The van der Waals surface area contributed by atoms with Crippen LogP contribution in [-0.2, 0) is 38.2 Å². The standard InChI is InChI=1S/C20H21N5O9S2/c1-9(26)32-5-3-4-11-6-35-18-14(23-16(28)13(24-31)12-7-36-20(21)22-12)17(29)25(18)15(11)19(30)34-8-33-10(2)27/h3-4,7,14,18,31H,5-6,8H2,1-2H3,(H2,21,22)(H,23,28)/b4-3+,24-13-/t14-,18+/m1/s1. The number of rotatable bonds is 9. The Labute approximate surface area is 212 Å². The van der Waals surface area contributed by atoms with E-state index in [1.54, 1.807) is 0 Å². The molecule has 16 heteroatoms. The maximum Gasteiger partial charge on any atom is 0.358 e. The van der Waals surface area contributed by atoms with Gasteiger partial charge in [0.25, 0.3) is 11.8 Å². The van der Waals surface area contributed by atoms with Gasteiger partial charge >= 0.3 is 17.9 Å². The number of nitrogen functional groups attached to an aromatic ring is 1. The summed E-state index contributed by atoms with van der Waals surface area (Å²) >= 11 is 2.29. The van der Waals surface area contributed by atoms with Gasteiger partial charge in [-0.1, -0.05) is 11.2 Å². The van der Waals surface area contributed by atoms with Crippen LogP contribution in [0.5, 0.6) is 0 Å². The molecule has 2 aliphatic heterocycles. The van der Waals surface area contributed by atoms with Crippen LogP contribution in [0.2, 0.25) is 0 Å². The minimum atomic E-state index is -1.04. The van der Waals surface area contributed by atoms with Crippen molar-refractivity contribution in [2.45, 2.75) is 25.3 Å². The van der Waals surface area contributed by atoms with Crippen molar-refractivity contribution in [1.82, 2.24) is 15.2 Å². The molecule has 0 unspecified atom stereocenters. The smallest absolute Gasteiger partial charge is 0.358 e. The fraction of sp³-hybridized carbons (Fsp3) is 0.350. The van der Waals surface area contributed by atoms with E-state index in [4.69, 9.17) is 15.2 Å². The molecule has 4 N–H and O–H groups in total. The number of nitrogens with one attached hydrogen (secondary N) is 1. The van der Waals surface area contributed by atoms with E-state index in [1.807, 2.05) is 0 Å². The Morgan fingerprint density at radius 3 is 2.61 bits per heavy atom. The molecular formula is C20H21N5O9S2. The summed E-state index contributed by atoms with van der Waals surface area (Å²) in [6.07, 6.45) is 3.00. The Bertz CT molecular complexity index is 1180. The third-order valence-corrected chi connectivity index (χ3v) is 6.69. The van der Waals surface area contributed by atoms with Gasteiger partial charge in [0.1, 0.15) is 29.4 Å². The minimum absolute atomic E-state index is 0.0345. The molecule has 14 nitrogen and oxygen atoms in total. The zero-order valence-corrected chi connectivity index (χ0v) is 20.6. The van der Waals surface area contributed by atoms with E-state index in [1.165, 1.54) is 36.2 Å². The van der Waals surface area contributed by atoms with Crippen molar-refractivity contribution >= 4 is 63.7 Å². The molecule has 1 aromatic heterocycles. The lowest BCUT2D eigenvalue weighted by Crippen LogP contribution is -2.71. The average Bonchev–Trinajstić information content (AvgIpc) is 3.25. The number of thioether (sulfide) groups is 1. The van der Waals surface area contributed by atoms with Crippen molar-refractivity contribution in [2.24, 2.45) is 5.16 Å². The summed E-state index contributed by atoms with van der Waals surface area (Å²) in [6, 6.07) is -1.04. The first-order valence-electron chi connectivity index (χ1n) is 10.2. The number of ether oxygens (including phenoxy) is 3. The quantitative estimate of drug-likeness (QED) is 0.0929. The highest BCUT2D eigenvalue weighted by Gasteiger charge is 2.54. The summed E-state index contributed by atoms with van der Waals surface area (Å²) < 4.78 is 14.4. The molecule has 0 saturated carbocycles. The van der Waals surface area contributed by atoms with Crippen LogP contribution < -0.4 is 11.1 Å². The summed E-state index contributed by atoms with van der Waals surface area (Å²) in [5.41, 5.74) is 5.44. The fourth-order valence-electron chi connectivity index (χ4n) is 3.17. The number of carbonyl (C=O) groups is 5. The molecule has 1 fully saturated rings. The molecule has 0 bridgehead atoms. The molecule has 0 aromatic carbocycles. The second-order valence-corrected chi connectivity index (χ2v) is 9.14. The molecule has 1 saturated heterocycles. The Hall–Kier alpha value is -3.92. The Morgan fingerprint density at radius 2 is 2.00 bits per heavy atom. The molecule has 2 atom stereocenters. The van der Waals surface area contributed by atoms with Gasteiger partial charge in [-0.3, -0.25) is 24.1 Å². The topological polar surface area (TPSA) is 200 Å². The van der Waals surface area contributed by atoms with Gasteiger partial charge in [0, 0.05) is 25.0 Å². The predicted molar refractivity (Wildman–Crippen MR) is 125 cm³/mol. The molecular weight excluding hydrogens is 518 g/mol. The lowest BCUT2D eigenvalue weighted by atomic mass is 10.0. The van der Waals surface area contributed by atoms with Crippen LogP contribution in [0.25, 0.3) is 0 Å². The maximum atomic E-state index is 13.0. The monoisotopic (exact) mass is 539 g/mol. The van der Waals surface area contributed by atoms with Crippen molar-refractivity contribution in [2.75, 3.05) is 24.9 Å². The lowest BCUT2D eigenvalue weighted by molar-refractivity contribution is -0.166. The highest BCUT2D eigenvalue weighted by atomic mass is 32.2. The Morgan fingerprint density at radius 1 is 1.28 bits per heavy atom. The number of fused-ring (bicyclic) bond motifs is 1. The number of oxime groups is 1. The molecule has 1 aromatic rings. The Balaban J connectivity index is 1.78. The number of nitrogens with zero attached hydrogens (tertiary/aromatic N) is 3. The summed E-state index contributed by atoms with van der Waals surface area (Å²) in [6.45, 7) is 1.67. The SMILES string of the molecule is CC(=O)OC/C=C/C1=C(C(=O)OCOC(C)=O)N2C(=O)[C@@H](NC(=O)/C(=N\O)c3csc(N)n3)[C@@H]2SC1. The van der Waals surface area contributed by atoms with Gasteiger partial charge in [-0.2, -0.15) is 0 Å². The van der Waals surface area contributed by atoms with Gasteiger partial charge in [-0.05, 0) is 11.6 Å². The van der Waals surface area contributed by atoms with Crippen LogP contribution in [0, 0.1) is 0 Å². The lowest BCUT2D eigenvalue weighted by Gasteiger charge is -2.49. The number of hydrogen-bond acceptors (Lipinski definition) is 14.